The minimum absolute atomic E-state index is 0.122. The van der Waals surface area contributed by atoms with E-state index >= 15 is 0 Å². The molecule has 0 aliphatic heterocycles. The maximum Gasteiger partial charge on any atom is 0.317 e. The van der Waals surface area contributed by atoms with Gasteiger partial charge in [0, 0.05) is 13.6 Å². The van der Waals surface area contributed by atoms with Crippen molar-refractivity contribution in [2.45, 2.75) is 19.9 Å². The maximum atomic E-state index is 12.0. The standard InChI is InChI=1S/C14H18Cl2N2O3/c1-8(13(19)20)7-18(3)14(21)17-9(2)10-5-4-6-11(15)12(10)16/h4-6,8-9H,7H2,1-3H3,(H,17,21)(H,19,20). The molecule has 7 heteroatoms. The number of amides is 2. The van der Waals surface area contributed by atoms with Crippen LogP contribution in [0.1, 0.15) is 25.5 Å². The minimum atomic E-state index is -0.944. The molecule has 21 heavy (non-hydrogen) atoms. The lowest BCUT2D eigenvalue weighted by Crippen LogP contribution is -2.41. The summed E-state index contributed by atoms with van der Waals surface area (Å²) in [6.45, 7) is 3.45. The van der Waals surface area contributed by atoms with Gasteiger partial charge in [-0.05, 0) is 18.6 Å². The molecule has 2 unspecified atom stereocenters. The smallest absolute Gasteiger partial charge is 0.317 e. The van der Waals surface area contributed by atoms with Gasteiger partial charge in [0.15, 0.2) is 0 Å². The molecule has 0 saturated heterocycles. The van der Waals surface area contributed by atoms with E-state index < -0.39 is 11.9 Å². The van der Waals surface area contributed by atoms with Crippen LogP contribution in [0.25, 0.3) is 0 Å². The number of carboxylic acid groups (broad SMARTS) is 1. The lowest BCUT2D eigenvalue weighted by molar-refractivity contribution is -0.141. The molecular formula is C14H18Cl2N2O3. The maximum absolute atomic E-state index is 12.0. The molecule has 0 aliphatic rings. The molecule has 5 nitrogen and oxygen atoms in total. The van der Waals surface area contributed by atoms with Crippen LogP contribution in [0.5, 0.6) is 0 Å². The first kappa shape index (κ1) is 17.6. The number of hydrogen-bond acceptors (Lipinski definition) is 2. The van der Waals surface area contributed by atoms with Gasteiger partial charge in [-0.2, -0.15) is 0 Å². The van der Waals surface area contributed by atoms with E-state index in [1.54, 1.807) is 39.1 Å². The van der Waals surface area contributed by atoms with E-state index in [0.717, 1.165) is 0 Å². The number of rotatable bonds is 5. The lowest BCUT2D eigenvalue weighted by Gasteiger charge is -2.23. The average Bonchev–Trinajstić information content (AvgIpc) is 2.41. The Bertz CT molecular complexity index is 537. The summed E-state index contributed by atoms with van der Waals surface area (Å²) < 4.78 is 0. The normalized spacial score (nSPS) is 13.4. The first-order valence-corrected chi connectivity index (χ1v) is 7.18. The number of carbonyl (C=O) groups is 2. The van der Waals surface area contributed by atoms with Crippen molar-refractivity contribution in [3.8, 4) is 0 Å². The summed E-state index contributed by atoms with van der Waals surface area (Å²) in [6.07, 6.45) is 0. The number of nitrogens with zero attached hydrogens (tertiary/aromatic N) is 1. The third kappa shape index (κ3) is 4.79. The molecule has 0 saturated carbocycles. The van der Waals surface area contributed by atoms with Gasteiger partial charge in [-0.25, -0.2) is 4.79 Å². The zero-order chi connectivity index (χ0) is 16.2. The number of nitrogens with one attached hydrogen (secondary N) is 1. The van der Waals surface area contributed by atoms with E-state index in [1.165, 1.54) is 4.90 Å². The predicted octanol–water partition coefficient (Wildman–Crippen LogP) is 3.42. The predicted molar refractivity (Wildman–Crippen MR) is 82.8 cm³/mol. The highest BCUT2D eigenvalue weighted by molar-refractivity contribution is 6.42. The van der Waals surface area contributed by atoms with E-state index in [1.807, 2.05) is 0 Å². The van der Waals surface area contributed by atoms with Gasteiger partial charge < -0.3 is 15.3 Å². The molecule has 0 spiro atoms. The number of hydrogen-bond donors (Lipinski definition) is 2. The molecule has 0 bridgehead atoms. The molecule has 0 heterocycles. The molecule has 2 atom stereocenters. The summed E-state index contributed by atoms with van der Waals surface area (Å²) in [5.41, 5.74) is 0.706. The Morgan fingerprint density at radius 1 is 1.33 bits per heavy atom. The van der Waals surface area contributed by atoms with E-state index in [4.69, 9.17) is 28.3 Å². The Labute approximate surface area is 133 Å². The van der Waals surface area contributed by atoms with E-state index in [9.17, 15) is 9.59 Å². The van der Waals surface area contributed by atoms with Crippen molar-refractivity contribution in [1.82, 2.24) is 10.2 Å². The van der Waals surface area contributed by atoms with Crippen LogP contribution in [0.3, 0.4) is 0 Å². The Hall–Kier alpha value is -1.46. The highest BCUT2D eigenvalue weighted by Gasteiger charge is 2.20. The van der Waals surface area contributed by atoms with Gasteiger partial charge in [0.2, 0.25) is 0 Å². The Morgan fingerprint density at radius 2 is 1.95 bits per heavy atom. The van der Waals surface area contributed by atoms with E-state index in [0.29, 0.717) is 15.6 Å². The summed E-state index contributed by atoms with van der Waals surface area (Å²) >= 11 is 12.0. The Balaban J connectivity index is 2.69. The molecule has 1 aromatic carbocycles. The zero-order valence-electron chi connectivity index (χ0n) is 12.1. The van der Waals surface area contributed by atoms with Gasteiger partial charge in [-0.15, -0.1) is 0 Å². The molecule has 2 amide bonds. The van der Waals surface area contributed by atoms with Crippen LogP contribution in [0.4, 0.5) is 4.79 Å². The van der Waals surface area contributed by atoms with Gasteiger partial charge in [0.1, 0.15) is 0 Å². The molecular weight excluding hydrogens is 315 g/mol. The number of carbonyl (C=O) groups excluding carboxylic acids is 1. The van der Waals surface area contributed by atoms with Crippen molar-refractivity contribution >= 4 is 35.2 Å². The van der Waals surface area contributed by atoms with Crippen LogP contribution in [0, 0.1) is 5.92 Å². The van der Waals surface area contributed by atoms with E-state index in [-0.39, 0.29) is 18.6 Å². The second-order valence-electron chi connectivity index (χ2n) is 4.93. The summed E-state index contributed by atoms with van der Waals surface area (Å²) in [6, 6.07) is 4.49. The van der Waals surface area contributed by atoms with Crippen molar-refractivity contribution in [1.29, 1.82) is 0 Å². The average molecular weight is 333 g/mol. The third-order valence-corrected chi connectivity index (χ3v) is 3.94. The molecule has 116 valence electrons. The highest BCUT2D eigenvalue weighted by Crippen LogP contribution is 2.29. The van der Waals surface area contributed by atoms with Crippen molar-refractivity contribution in [3.05, 3.63) is 33.8 Å². The first-order chi connectivity index (χ1) is 9.73. The second-order valence-corrected chi connectivity index (χ2v) is 5.72. The highest BCUT2D eigenvalue weighted by atomic mass is 35.5. The largest absolute Gasteiger partial charge is 0.481 e. The molecule has 1 rings (SSSR count). The monoisotopic (exact) mass is 332 g/mol. The van der Waals surface area contributed by atoms with E-state index in [2.05, 4.69) is 5.32 Å². The molecule has 0 aliphatic carbocycles. The van der Waals surface area contributed by atoms with Crippen molar-refractivity contribution in [2.24, 2.45) is 5.92 Å². The van der Waals surface area contributed by atoms with Crippen molar-refractivity contribution < 1.29 is 14.7 Å². The van der Waals surface area contributed by atoms with Crippen LogP contribution in [-0.2, 0) is 4.79 Å². The molecule has 2 N–H and O–H groups in total. The third-order valence-electron chi connectivity index (χ3n) is 3.10. The molecule has 0 aromatic heterocycles. The summed E-state index contributed by atoms with van der Waals surface area (Å²) in [7, 11) is 1.54. The van der Waals surface area contributed by atoms with Crippen LogP contribution < -0.4 is 5.32 Å². The Morgan fingerprint density at radius 3 is 2.52 bits per heavy atom. The molecule has 0 radical (unpaired) electrons. The number of aliphatic carboxylic acids is 1. The number of benzene rings is 1. The first-order valence-electron chi connectivity index (χ1n) is 6.42. The van der Waals surface area contributed by atoms with Gasteiger partial charge in [-0.3, -0.25) is 4.79 Å². The van der Waals surface area contributed by atoms with Gasteiger partial charge in [0.05, 0.1) is 22.0 Å². The SMILES string of the molecule is CC(CN(C)C(=O)NC(C)c1cccc(Cl)c1Cl)C(=O)O. The second kappa shape index (κ2) is 7.52. The van der Waals surface area contributed by atoms with Gasteiger partial charge in [-0.1, -0.05) is 42.3 Å². The quantitative estimate of drug-likeness (QED) is 0.867. The molecule has 0 fully saturated rings. The van der Waals surface area contributed by atoms with Gasteiger partial charge >= 0.3 is 12.0 Å². The Kier molecular flexibility index (Phi) is 6.30. The van der Waals surface area contributed by atoms with Crippen LogP contribution in [-0.4, -0.2) is 35.6 Å². The number of carboxylic acids is 1. The molecule has 1 aromatic rings. The van der Waals surface area contributed by atoms with Crippen LogP contribution in [0.2, 0.25) is 10.0 Å². The summed E-state index contributed by atoms with van der Waals surface area (Å²) in [5.74, 6) is -1.58. The van der Waals surface area contributed by atoms with Crippen molar-refractivity contribution in [3.63, 3.8) is 0 Å². The van der Waals surface area contributed by atoms with Gasteiger partial charge in [0.25, 0.3) is 0 Å². The van der Waals surface area contributed by atoms with Crippen LogP contribution >= 0.6 is 23.2 Å². The fraction of sp³-hybridized carbons (Fsp3) is 0.429. The lowest BCUT2D eigenvalue weighted by atomic mass is 10.1. The zero-order valence-corrected chi connectivity index (χ0v) is 13.6. The fourth-order valence-corrected chi connectivity index (χ4v) is 2.27. The van der Waals surface area contributed by atoms with Crippen LogP contribution in [0.15, 0.2) is 18.2 Å². The number of halogens is 2. The topological polar surface area (TPSA) is 69.6 Å². The van der Waals surface area contributed by atoms with Crippen molar-refractivity contribution in [2.75, 3.05) is 13.6 Å². The fourth-order valence-electron chi connectivity index (χ4n) is 1.80. The number of urea groups is 1. The summed E-state index contributed by atoms with van der Waals surface area (Å²) in [5, 5.41) is 12.4. The minimum Gasteiger partial charge on any atom is -0.481 e. The summed E-state index contributed by atoms with van der Waals surface area (Å²) in [4.78, 5) is 24.1.